The zero-order valence-corrected chi connectivity index (χ0v) is 29.6. The largest absolute Gasteiger partial charge is 0.499 e. The number of nitrogens with one attached hydrogen (secondary N) is 5. The molecule has 0 fully saturated rings. The van der Waals surface area contributed by atoms with Crippen molar-refractivity contribution in [2.45, 2.75) is 40.5 Å². The van der Waals surface area contributed by atoms with Gasteiger partial charge in [-0.25, -0.2) is 9.79 Å². The van der Waals surface area contributed by atoms with E-state index < -0.39 is 0 Å². The number of aromatic amines is 2. The van der Waals surface area contributed by atoms with E-state index in [1.165, 1.54) is 19.8 Å². The molecule has 16 heteroatoms. The maximum atomic E-state index is 11.5. The number of aliphatic imine (C=N–C) groups is 1. The summed E-state index contributed by atoms with van der Waals surface area (Å²) in [4.78, 5) is 39.8. The Labute approximate surface area is 292 Å². The van der Waals surface area contributed by atoms with Crippen molar-refractivity contribution in [3.8, 4) is 0 Å². The predicted molar refractivity (Wildman–Crippen MR) is 199 cm³/mol. The summed E-state index contributed by atoms with van der Waals surface area (Å²) in [5.41, 5.74) is 2.99. The highest BCUT2D eigenvalue weighted by molar-refractivity contribution is 5.78. The van der Waals surface area contributed by atoms with Gasteiger partial charge in [-0.1, -0.05) is 27.7 Å². The van der Waals surface area contributed by atoms with Gasteiger partial charge in [0, 0.05) is 18.8 Å². The molecule has 2 aromatic heterocycles. The number of rotatable bonds is 22. The van der Waals surface area contributed by atoms with Crippen LogP contribution < -0.4 is 21.6 Å². The van der Waals surface area contributed by atoms with Gasteiger partial charge < -0.3 is 45.2 Å². The molecule has 0 bridgehead atoms. The molecule has 4 rings (SSSR count). The molecule has 0 radical (unpaired) electrons. The first kappa shape index (κ1) is 37.5. The van der Waals surface area contributed by atoms with E-state index in [1.807, 2.05) is 12.1 Å². The van der Waals surface area contributed by atoms with Crippen LogP contribution in [0.25, 0.3) is 11.0 Å². The van der Waals surface area contributed by atoms with Crippen molar-refractivity contribution in [3.63, 3.8) is 0 Å². The molecule has 4 aromatic rings. The number of H-pyrrole nitrogens is 2. The van der Waals surface area contributed by atoms with Gasteiger partial charge >= 0.3 is 5.69 Å². The summed E-state index contributed by atoms with van der Waals surface area (Å²) in [7, 11) is 1.48. The molecule has 16 nitrogen and oxygen atoms in total. The van der Waals surface area contributed by atoms with Crippen molar-refractivity contribution >= 4 is 52.3 Å². The zero-order chi connectivity index (χ0) is 35.6. The lowest BCUT2D eigenvalue weighted by Gasteiger charge is -2.18. The first-order valence-electron chi connectivity index (χ1n) is 17.0. The van der Waals surface area contributed by atoms with Crippen molar-refractivity contribution in [2.75, 3.05) is 75.4 Å². The Kier molecular flexibility index (Phi) is 15.2. The van der Waals surface area contributed by atoms with Crippen LogP contribution in [0.3, 0.4) is 0 Å². The molecular formula is C34H49N13O3. The summed E-state index contributed by atoms with van der Waals surface area (Å²) in [6, 6.07) is 12.5. The number of aromatic nitrogens is 5. The SMILES string of the molecule is CCN(CC)CCCNc1nc(NCCCN(CC)CC)nc(Nc2ccc(N=N/C(=C/OC)OC=Nc3ccc4[nH]c(=O)[nH]c4c3)cc2)n1. The molecule has 0 saturated heterocycles. The lowest BCUT2D eigenvalue weighted by Crippen LogP contribution is -2.26. The summed E-state index contributed by atoms with van der Waals surface area (Å²) in [6.07, 6.45) is 4.49. The molecule has 2 heterocycles. The molecule has 0 aliphatic rings. The van der Waals surface area contributed by atoms with Crippen LogP contribution in [0.1, 0.15) is 40.5 Å². The lowest BCUT2D eigenvalue weighted by atomic mass is 10.3. The van der Waals surface area contributed by atoms with Crippen LogP contribution in [0, 0.1) is 0 Å². The number of anilines is 4. The van der Waals surface area contributed by atoms with Crippen molar-refractivity contribution in [2.24, 2.45) is 15.2 Å². The monoisotopic (exact) mass is 687 g/mol. The number of fused-ring (bicyclic) bond motifs is 1. The predicted octanol–water partition coefficient (Wildman–Crippen LogP) is 5.98. The molecule has 0 spiro atoms. The number of azo groups is 1. The van der Waals surface area contributed by atoms with Crippen LogP contribution in [0.4, 0.5) is 34.9 Å². The molecule has 268 valence electrons. The molecule has 0 unspecified atom stereocenters. The van der Waals surface area contributed by atoms with Crippen LogP contribution in [0.15, 0.2) is 74.6 Å². The van der Waals surface area contributed by atoms with E-state index in [-0.39, 0.29) is 11.6 Å². The molecule has 0 aliphatic heterocycles. The van der Waals surface area contributed by atoms with Gasteiger partial charge in [-0.05, 0) is 94.6 Å². The van der Waals surface area contributed by atoms with Gasteiger partial charge in [0.1, 0.15) is 6.26 Å². The molecule has 0 atom stereocenters. The second kappa shape index (κ2) is 20.2. The van der Waals surface area contributed by atoms with E-state index in [2.05, 4.69) is 93.6 Å². The van der Waals surface area contributed by atoms with Crippen LogP contribution in [0.5, 0.6) is 0 Å². The molecule has 0 amide bonds. The molecule has 0 aliphatic carbocycles. The third kappa shape index (κ3) is 12.3. The number of hydrogen-bond acceptors (Lipinski definition) is 14. The van der Waals surface area contributed by atoms with E-state index in [9.17, 15) is 4.79 Å². The first-order chi connectivity index (χ1) is 24.4. The Morgan fingerprint density at radius 1 is 0.800 bits per heavy atom. The number of benzene rings is 2. The van der Waals surface area contributed by atoms with E-state index in [0.29, 0.717) is 40.3 Å². The highest BCUT2D eigenvalue weighted by atomic mass is 16.5. The minimum Gasteiger partial charge on any atom is -0.499 e. The summed E-state index contributed by atoms with van der Waals surface area (Å²) >= 11 is 0. The van der Waals surface area contributed by atoms with Crippen LogP contribution in [0.2, 0.25) is 0 Å². The van der Waals surface area contributed by atoms with Crippen LogP contribution >= 0.6 is 0 Å². The van der Waals surface area contributed by atoms with Gasteiger partial charge in [0.2, 0.25) is 17.8 Å². The summed E-state index contributed by atoms with van der Waals surface area (Å²) in [5, 5.41) is 18.4. The zero-order valence-electron chi connectivity index (χ0n) is 29.6. The van der Waals surface area contributed by atoms with Gasteiger partial charge in [0.15, 0.2) is 6.40 Å². The van der Waals surface area contributed by atoms with E-state index in [1.54, 1.807) is 30.3 Å². The second-order valence-corrected chi connectivity index (χ2v) is 11.1. The minimum absolute atomic E-state index is 0.0917. The molecule has 50 heavy (non-hydrogen) atoms. The van der Waals surface area contributed by atoms with Crippen molar-refractivity contribution in [3.05, 3.63) is 65.1 Å². The normalized spacial score (nSPS) is 12.1. The van der Waals surface area contributed by atoms with Gasteiger partial charge in [-0.2, -0.15) is 15.0 Å². The average molecular weight is 688 g/mol. The Balaban J connectivity index is 1.37. The Morgan fingerprint density at radius 2 is 1.38 bits per heavy atom. The highest BCUT2D eigenvalue weighted by Gasteiger charge is 2.09. The van der Waals surface area contributed by atoms with Crippen LogP contribution in [-0.4, -0.2) is 101 Å². The third-order valence-corrected chi connectivity index (χ3v) is 7.77. The maximum absolute atomic E-state index is 11.5. The van der Waals surface area contributed by atoms with Crippen LogP contribution in [-0.2, 0) is 9.47 Å². The second-order valence-electron chi connectivity index (χ2n) is 11.1. The van der Waals surface area contributed by atoms with Gasteiger partial charge in [0.05, 0.1) is 29.5 Å². The minimum atomic E-state index is -0.282. The number of nitrogens with zero attached hydrogens (tertiary/aromatic N) is 8. The van der Waals surface area contributed by atoms with E-state index in [4.69, 9.17) is 9.47 Å². The molecule has 2 aromatic carbocycles. The van der Waals surface area contributed by atoms with Crippen molar-refractivity contribution in [1.82, 2.24) is 34.7 Å². The van der Waals surface area contributed by atoms with Crippen molar-refractivity contribution in [1.29, 1.82) is 0 Å². The molecular weight excluding hydrogens is 638 g/mol. The number of ether oxygens (including phenoxy) is 2. The van der Waals surface area contributed by atoms with Gasteiger partial charge in [-0.3, -0.25) is 0 Å². The van der Waals surface area contributed by atoms with Crippen molar-refractivity contribution < 1.29 is 9.47 Å². The standard InChI is InChI=1S/C34H49N13O3/c1-6-46(7-2)20-10-18-35-31-41-32(36-19-11-21-47(8-3)9-4)43-33(42-31)38-25-12-14-26(15-13-25)44-45-30(23-49-5)50-24-37-27-16-17-28-29(22-27)40-34(48)39-28/h12-17,22-24H,6-11,18-21H2,1-5H3,(H2,39,40,48)(H3,35,36,38,41,42,43)/b30-23-,37-24?,45-44?. The van der Waals surface area contributed by atoms with Gasteiger partial charge in [0.25, 0.3) is 5.88 Å². The number of methoxy groups -OCH3 is 1. The third-order valence-electron chi connectivity index (χ3n) is 7.77. The summed E-state index contributed by atoms with van der Waals surface area (Å²) in [6.45, 7) is 16.3. The number of hydrogen-bond donors (Lipinski definition) is 5. The topological polar surface area (TPSA) is 185 Å². The number of imidazole rings is 1. The van der Waals surface area contributed by atoms with E-state index in [0.717, 1.165) is 70.9 Å². The molecule has 0 saturated carbocycles. The fourth-order valence-corrected chi connectivity index (χ4v) is 4.94. The summed E-state index contributed by atoms with van der Waals surface area (Å²) < 4.78 is 10.6. The Hall–Kier alpha value is -5.35. The summed E-state index contributed by atoms with van der Waals surface area (Å²) in [5.74, 6) is 1.54. The Bertz CT molecular complexity index is 1710. The average Bonchev–Trinajstić information content (AvgIpc) is 3.50. The van der Waals surface area contributed by atoms with Gasteiger partial charge in [-0.15, -0.1) is 10.2 Å². The molecule has 5 N–H and O–H groups in total. The smallest absolute Gasteiger partial charge is 0.323 e. The highest BCUT2D eigenvalue weighted by Crippen LogP contribution is 2.22. The fourth-order valence-electron chi connectivity index (χ4n) is 4.94. The first-order valence-corrected chi connectivity index (χ1v) is 17.0. The quantitative estimate of drug-likeness (QED) is 0.0215. The lowest BCUT2D eigenvalue weighted by molar-refractivity contribution is 0.300. The fraction of sp³-hybridized carbons (Fsp3) is 0.441. The van der Waals surface area contributed by atoms with E-state index >= 15 is 0 Å². The maximum Gasteiger partial charge on any atom is 0.323 e. The Morgan fingerprint density at radius 3 is 1.98 bits per heavy atom.